The zero-order chi connectivity index (χ0) is 24.8. The predicted octanol–water partition coefficient (Wildman–Crippen LogP) is 4.91. The fraction of sp³-hybridized carbons (Fsp3) is 0.172. The van der Waals surface area contributed by atoms with Crippen LogP contribution in [0, 0.1) is 5.92 Å². The van der Waals surface area contributed by atoms with E-state index in [1.807, 2.05) is 91.0 Å². The molecule has 0 bridgehead atoms. The molecule has 0 aromatic heterocycles. The van der Waals surface area contributed by atoms with Crippen molar-refractivity contribution in [3.05, 3.63) is 96.6 Å². The van der Waals surface area contributed by atoms with Gasteiger partial charge in [0.2, 0.25) is 5.91 Å². The Kier molecular flexibility index (Phi) is 5.34. The second kappa shape index (κ2) is 8.70. The van der Waals surface area contributed by atoms with Crippen LogP contribution in [0.15, 0.2) is 91.0 Å². The average Bonchev–Trinajstić information content (AvgIpc) is 3.44. The number of fused-ring (bicyclic) bond motifs is 2. The van der Waals surface area contributed by atoms with E-state index in [1.165, 1.54) is 4.90 Å². The second-order valence-corrected chi connectivity index (χ2v) is 8.80. The lowest BCUT2D eigenvalue weighted by Gasteiger charge is -2.29. The summed E-state index contributed by atoms with van der Waals surface area (Å²) in [5.74, 6) is 0.0471. The van der Waals surface area contributed by atoms with Gasteiger partial charge in [-0.05, 0) is 53.4 Å². The summed E-state index contributed by atoms with van der Waals surface area (Å²) in [6.07, 6.45) is -0.939. The number of anilines is 2. The molecule has 6 rings (SSSR count). The van der Waals surface area contributed by atoms with E-state index < -0.39 is 18.1 Å². The van der Waals surface area contributed by atoms with Crippen LogP contribution in [0.5, 0.6) is 11.5 Å². The van der Waals surface area contributed by atoms with Crippen molar-refractivity contribution in [3.63, 3.8) is 0 Å². The van der Waals surface area contributed by atoms with Gasteiger partial charge < -0.3 is 9.47 Å². The van der Waals surface area contributed by atoms with Gasteiger partial charge in [0, 0.05) is 5.39 Å². The number of ether oxygens (including phenoxy) is 2. The Morgan fingerprint density at radius 2 is 1.36 bits per heavy atom. The molecular formula is C29H24N2O5. The Labute approximate surface area is 208 Å². The molecule has 4 aromatic carbocycles. The Balaban J connectivity index is 1.44. The molecule has 4 aromatic rings. The molecule has 2 aliphatic heterocycles. The van der Waals surface area contributed by atoms with Crippen LogP contribution >= 0.6 is 0 Å². The zero-order valence-corrected chi connectivity index (χ0v) is 19.8. The minimum absolute atomic E-state index is 0.279. The Morgan fingerprint density at radius 1 is 0.722 bits per heavy atom. The van der Waals surface area contributed by atoms with Crippen LogP contribution in [-0.4, -0.2) is 32.1 Å². The van der Waals surface area contributed by atoms with Gasteiger partial charge in [0.05, 0.1) is 31.6 Å². The van der Waals surface area contributed by atoms with Crippen LogP contribution in [0.1, 0.15) is 11.6 Å². The van der Waals surface area contributed by atoms with Crippen LogP contribution in [0.3, 0.4) is 0 Å². The average molecular weight is 481 g/mol. The summed E-state index contributed by atoms with van der Waals surface area (Å²) in [5, 5.41) is 3.47. The number of carbonyl (C=O) groups excluding carboxylic acids is 2. The van der Waals surface area contributed by atoms with E-state index in [9.17, 15) is 9.59 Å². The molecule has 0 spiro atoms. The van der Waals surface area contributed by atoms with Crippen molar-refractivity contribution in [1.82, 2.24) is 0 Å². The number of hydroxylamine groups is 1. The van der Waals surface area contributed by atoms with Gasteiger partial charge in [-0.25, -0.2) is 9.96 Å². The molecule has 2 saturated heterocycles. The van der Waals surface area contributed by atoms with E-state index >= 15 is 0 Å². The predicted molar refractivity (Wildman–Crippen MR) is 136 cm³/mol. The van der Waals surface area contributed by atoms with Crippen LogP contribution in [0.2, 0.25) is 0 Å². The van der Waals surface area contributed by atoms with E-state index in [0.29, 0.717) is 17.2 Å². The molecule has 0 N–H and O–H groups in total. The first-order chi connectivity index (χ1) is 17.6. The standard InChI is InChI=1S/C29H24N2O5/c1-34-21-14-10-19(11-15-21)26-25-27(36-31(26)20-12-16-22(35-2)17-13-20)29(33)30(28(25)32)24-9-5-7-18-6-3-4-8-23(18)24/h3-17,25-27H,1-2H3/t25-,26+,27+/m0/s1. The second-order valence-electron chi connectivity index (χ2n) is 8.80. The van der Waals surface area contributed by atoms with E-state index in [4.69, 9.17) is 14.3 Å². The van der Waals surface area contributed by atoms with E-state index in [-0.39, 0.29) is 11.8 Å². The molecule has 180 valence electrons. The van der Waals surface area contributed by atoms with Crippen molar-refractivity contribution in [1.29, 1.82) is 0 Å². The minimum Gasteiger partial charge on any atom is -0.497 e. The highest BCUT2D eigenvalue weighted by molar-refractivity contribution is 6.26. The number of carbonyl (C=O) groups is 2. The van der Waals surface area contributed by atoms with Gasteiger partial charge in [-0.15, -0.1) is 0 Å². The molecule has 7 heteroatoms. The topological polar surface area (TPSA) is 68.3 Å². The van der Waals surface area contributed by atoms with Crippen LogP contribution in [0.4, 0.5) is 11.4 Å². The third kappa shape index (κ3) is 3.39. The van der Waals surface area contributed by atoms with Crippen molar-refractivity contribution in [3.8, 4) is 11.5 Å². The van der Waals surface area contributed by atoms with Crippen molar-refractivity contribution in [2.24, 2.45) is 5.92 Å². The molecule has 2 fully saturated rings. The van der Waals surface area contributed by atoms with E-state index in [2.05, 4.69) is 0 Å². The monoisotopic (exact) mass is 480 g/mol. The van der Waals surface area contributed by atoms with Gasteiger partial charge in [0.1, 0.15) is 17.4 Å². The van der Waals surface area contributed by atoms with Crippen molar-refractivity contribution < 1.29 is 23.9 Å². The molecule has 36 heavy (non-hydrogen) atoms. The number of imide groups is 1. The first kappa shape index (κ1) is 22.1. The Bertz CT molecular complexity index is 1450. The zero-order valence-electron chi connectivity index (χ0n) is 19.8. The Hall–Kier alpha value is -4.36. The molecule has 0 radical (unpaired) electrons. The normalized spacial score (nSPS) is 21.2. The molecule has 0 unspecified atom stereocenters. The lowest BCUT2D eigenvalue weighted by Crippen LogP contribution is -2.37. The maximum Gasteiger partial charge on any atom is 0.266 e. The highest BCUT2D eigenvalue weighted by Crippen LogP contribution is 2.48. The van der Waals surface area contributed by atoms with Crippen molar-refractivity contribution in [2.75, 3.05) is 24.2 Å². The number of nitrogens with zero attached hydrogens (tertiary/aromatic N) is 2. The quantitative estimate of drug-likeness (QED) is 0.378. The van der Waals surface area contributed by atoms with Gasteiger partial charge in [-0.1, -0.05) is 48.5 Å². The highest BCUT2D eigenvalue weighted by atomic mass is 16.7. The molecule has 2 amide bonds. The maximum absolute atomic E-state index is 14.0. The largest absolute Gasteiger partial charge is 0.497 e. The molecule has 2 aliphatic rings. The number of hydrogen-bond donors (Lipinski definition) is 0. The molecule has 2 heterocycles. The molecular weight excluding hydrogens is 456 g/mol. The third-order valence-corrected chi connectivity index (χ3v) is 6.91. The van der Waals surface area contributed by atoms with Gasteiger partial charge in [-0.2, -0.15) is 0 Å². The maximum atomic E-state index is 14.0. The summed E-state index contributed by atoms with van der Waals surface area (Å²) < 4.78 is 10.6. The van der Waals surface area contributed by atoms with Crippen molar-refractivity contribution >= 4 is 34.0 Å². The van der Waals surface area contributed by atoms with Gasteiger partial charge in [-0.3, -0.25) is 14.4 Å². The van der Waals surface area contributed by atoms with Crippen LogP contribution in [0.25, 0.3) is 10.8 Å². The summed E-state index contributed by atoms with van der Waals surface area (Å²) in [5.41, 5.74) is 2.15. The number of methoxy groups -OCH3 is 2. The van der Waals surface area contributed by atoms with Gasteiger partial charge in [0.25, 0.3) is 5.91 Å². The molecule has 0 saturated carbocycles. The van der Waals surface area contributed by atoms with Gasteiger partial charge >= 0.3 is 0 Å². The first-order valence-corrected chi connectivity index (χ1v) is 11.7. The number of amides is 2. The summed E-state index contributed by atoms with van der Waals surface area (Å²) >= 11 is 0. The first-order valence-electron chi connectivity index (χ1n) is 11.7. The van der Waals surface area contributed by atoms with Crippen LogP contribution < -0.4 is 19.4 Å². The van der Waals surface area contributed by atoms with E-state index in [1.54, 1.807) is 19.3 Å². The molecule has 0 aliphatic carbocycles. The third-order valence-electron chi connectivity index (χ3n) is 6.91. The lowest BCUT2D eigenvalue weighted by molar-refractivity contribution is -0.126. The summed E-state index contributed by atoms with van der Waals surface area (Å²) in [7, 11) is 3.21. The molecule has 3 atom stereocenters. The van der Waals surface area contributed by atoms with Crippen LogP contribution in [-0.2, 0) is 14.4 Å². The summed E-state index contributed by atoms with van der Waals surface area (Å²) in [6, 6.07) is 27.7. The summed E-state index contributed by atoms with van der Waals surface area (Å²) in [6.45, 7) is 0. The summed E-state index contributed by atoms with van der Waals surface area (Å²) in [4.78, 5) is 35.2. The fourth-order valence-electron chi connectivity index (χ4n) is 5.15. The number of benzene rings is 4. The SMILES string of the molecule is COc1ccc([C@@H]2[C@@H]3C(=O)N(c4cccc5ccccc45)C(=O)[C@@H]3ON2c2ccc(OC)cc2)cc1. The van der Waals surface area contributed by atoms with Gasteiger partial charge in [0.15, 0.2) is 6.10 Å². The highest BCUT2D eigenvalue weighted by Gasteiger charge is 2.60. The lowest BCUT2D eigenvalue weighted by atomic mass is 9.90. The molecule has 7 nitrogen and oxygen atoms in total. The number of rotatable bonds is 5. The smallest absolute Gasteiger partial charge is 0.266 e. The number of hydrogen-bond acceptors (Lipinski definition) is 6. The minimum atomic E-state index is -0.939. The Morgan fingerprint density at radius 3 is 2.06 bits per heavy atom. The van der Waals surface area contributed by atoms with E-state index in [0.717, 1.165) is 22.0 Å². The van der Waals surface area contributed by atoms with Crippen molar-refractivity contribution in [2.45, 2.75) is 12.1 Å². The fourth-order valence-corrected chi connectivity index (χ4v) is 5.15.